The fourth-order valence-electron chi connectivity index (χ4n) is 3.82. The van der Waals surface area contributed by atoms with Crippen molar-refractivity contribution in [1.82, 2.24) is 4.90 Å². The predicted octanol–water partition coefficient (Wildman–Crippen LogP) is 3.27. The lowest BCUT2D eigenvalue weighted by Gasteiger charge is -2.33. The lowest BCUT2D eigenvalue weighted by Crippen LogP contribution is -2.39. The number of likely N-dealkylation sites (tertiary alicyclic amines) is 1. The molecular weight excluding hydrogens is 326 g/mol. The minimum absolute atomic E-state index is 0.0750. The summed E-state index contributed by atoms with van der Waals surface area (Å²) in [5.41, 5.74) is 4.36. The number of aliphatic hydroxyl groups is 1. The van der Waals surface area contributed by atoms with Gasteiger partial charge in [-0.25, -0.2) is 0 Å². The number of nitrogens with zero attached hydrogens (tertiary/aromatic N) is 1. The van der Waals surface area contributed by atoms with Crippen LogP contribution in [0.2, 0.25) is 0 Å². The van der Waals surface area contributed by atoms with Crippen molar-refractivity contribution in [2.24, 2.45) is 0 Å². The minimum atomic E-state index is 0.0750. The van der Waals surface area contributed by atoms with E-state index in [-0.39, 0.29) is 12.5 Å². The van der Waals surface area contributed by atoms with E-state index in [9.17, 15) is 9.90 Å². The van der Waals surface area contributed by atoms with Crippen LogP contribution in [0.4, 0.5) is 0 Å². The molecule has 26 heavy (non-hydrogen) atoms. The van der Waals surface area contributed by atoms with Crippen molar-refractivity contribution in [3.05, 3.63) is 70.8 Å². The number of rotatable bonds is 6. The number of carbonyl (C=O) groups is 1. The zero-order chi connectivity index (χ0) is 18.4. The Hall–Kier alpha value is -2.17. The maximum Gasteiger partial charge on any atom is 0.227 e. The first-order valence-corrected chi connectivity index (χ1v) is 9.25. The molecule has 0 bridgehead atoms. The van der Waals surface area contributed by atoms with Gasteiger partial charge in [-0.05, 0) is 41.0 Å². The summed E-state index contributed by atoms with van der Waals surface area (Å²) in [7, 11) is 1.67. The van der Waals surface area contributed by atoms with E-state index in [0.717, 1.165) is 42.6 Å². The van der Waals surface area contributed by atoms with E-state index in [1.165, 1.54) is 5.56 Å². The molecule has 1 aliphatic rings. The summed E-state index contributed by atoms with van der Waals surface area (Å²) in [5.74, 6) is 0.602. The van der Waals surface area contributed by atoms with Gasteiger partial charge in [0.15, 0.2) is 0 Å². The number of ether oxygens (including phenoxy) is 1. The number of methoxy groups -OCH3 is 1. The van der Waals surface area contributed by atoms with Crippen molar-refractivity contribution in [3.8, 4) is 0 Å². The number of carbonyl (C=O) groups excluding carboxylic acids is 1. The van der Waals surface area contributed by atoms with Gasteiger partial charge < -0.3 is 14.7 Å². The largest absolute Gasteiger partial charge is 0.392 e. The highest BCUT2D eigenvalue weighted by molar-refractivity contribution is 5.79. The lowest BCUT2D eigenvalue weighted by molar-refractivity contribution is -0.131. The maximum absolute atomic E-state index is 12.7. The summed E-state index contributed by atoms with van der Waals surface area (Å²) in [6.07, 6.45) is 2.32. The average molecular weight is 353 g/mol. The van der Waals surface area contributed by atoms with Gasteiger partial charge in [0.1, 0.15) is 0 Å². The molecule has 2 aromatic rings. The van der Waals surface area contributed by atoms with Gasteiger partial charge >= 0.3 is 0 Å². The molecule has 0 spiro atoms. The van der Waals surface area contributed by atoms with E-state index in [2.05, 4.69) is 6.07 Å². The van der Waals surface area contributed by atoms with E-state index in [0.29, 0.717) is 18.9 Å². The highest BCUT2D eigenvalue weighted by Gasteiger charge is 2.25. The summed E-state index contributed by atoms with van der Waals surface area (Å²) in [6.45, 7) is 2.15. The molecule has 1 fully saturated rings. The fraction of sp³-hybridized carbons (Fsp3) is 0.409. The summed E-state index contributed by atoms with van der Waals surface area (Å²) >= 11 is 0. The molecular formula is C22H27NO3. The van der Waals surface area contributed by atoms with Crippen LogP contribution in [0, 0.1) is 0 Å². The van der Waals surface area contributed by atoms with Gasteiger partial charge in [-0.2, -0.15) is 0 Å². The Labute approximate surface area is 155 Å². The highest BCUT2D eigenvalue weighted by Crippen LogP contribution is 2.30. The smallest absolute Gasteiger partial charge is 0.227 e. The Kier molecular flexibility index (Phi) is 6.42. The molecule has 1 aliphatic heterocycles. The van der Waals surface area contributed by atoms with Crippen LogP contribution < -0.4 is 0 Å². The number of benzene rings is 2. The minimum Gasteiger partial charge on any atom is -0.392 e. The SMILES string of the molecule is COCc1ccccc1CC(=O)N1CCC(c2ccccc2CO)CC1. The van der Waals surface area contributed by atoms with Crippen molar-refractivity contribution in [1.29, 1.82) is 0 Å². The highest BCUT2D eigenvalue weighted by atomic mass is 16.5. The molecule has 1 amide bonds. The molecule has 1 saturated heterocycles. The third-order valence-corrected chi connectivity index (χ3v) is 5.27. The third-order valence-electron chi connectivity index (χ3n) is 5.27. The summed E-state index contributed by atoms with van der Waals surface area (Å²) in [5, 5.41) is 9.55. The van der Waals surface area contributed by atoms with E-state index in [1.807, 2.05) is 47.4 Å². The van der Waals surface area contributed by atoms with Crippen LogP contribution >= 0.6 is 0 Å². The van der Waals surface area contributed by atoms with E-state index >= 15 is 0 Å². The molecule has 0 aromatic heterocycles. The van der Waals surface area contributed by atoms with Gasteiger partial charge in [0, 0.05) is 20.2 Å². The van der Waals surface area contributed by atoms with Gasteiger partial charge in [-0.15, -0.1) is 0 Å². The molecule has 0 unspecified atom stereocenters. The molecule has 3 rings (SSSR count). The second-order valence-corrected chi connectivity index (χ2v) is 6.89. The molecule has 1 heterocycles. The standard InChI is InChI=1S/C22H27NO3/c1-26-16-20-8-3-2-6-18(20)14-22(25)23-12-10-17(11-13-23)21-9-5-4-7-19(21)15-24/h2-9,17,24H,10-16H2,1H3. The molecule has 1 N–H and O–H groups in total. The Balaban J connectivity index is 1.60. The van der Waals surface area contributed by atoms with Crippen molar-refractivity contribution in [3.63, 3.8) is 0 Å². The Morgan fingerprint density at radius 2 is 1.65 bits per heavy atom. The Bertz CT molecular complexity index is 736. The van der Waals surface area contributed by atoms with Crippen LogP contribution in [-0.4, -0.2) is 36.1 Å². The van der Waals surface area contributed by atoms with Crippen LogP contribution in [0.5, 0.6) is 0 Å². The summed E-state index contributed by atoms with van der Waals surface area (Å²) in [4.78, 5) is 14.7. The van der Waals surface area contributed by atoms with Crippen LogP contribution in [0.15, 0.2) is 48.5 Å². The van der Waals surface area contributed by atoms with E-state index in [4.69, 9.17) is 4.74 Å². The number of amides is 1. The first-order valence-electron chi connectivity index (χ1n) is 9.25. The number of hydrogen-bond acceptors (Lipinski definition) is 3. The van der Waals surface area contributed by atoms with E-state index < -0.39 is 0 Å². The zero-order valence-electron chi connectivity index (χ0n) is 15.4. The van der Waals surface area contributed by atoms with Gasteiger partial charge in [0.2, 0.25) is 5.91 Å². The average Bonchev–Trinajstić information content (AvgIpc) is 2.69. The van der Waals surface area contributed by atoms with Crippen molar-refractivity contribution in [2.75, 3.05) is 20.2 Å². The monoisotopic (exact) mass is 353 g/mol. The van der Waals surface area contributed by atoms with Gasteiger partial charge in [0.25, 0.3) is 0 Å². The zero-order valence-corrected chi connectivity index (χ0v) is 15.4. The van der Waals surface area contributed by atoms with Crippen molar-refractivity contribution in [2.45, 2.75) is 38.4 Å². The predicted molar refractivity (Wildman–Crippen MR) is 102 cm³/mol. The Morgan fingerprint density at radius 1 is 1.04 bits per heavy atom. The Morgan fingerprint density at radius 3 is 2.31 bits per heavy atom. The second kappa shape index (κ2) is 8.97. The maximum atomic E-state index is 12.7. The first kappa shape index (κ1) is 18.6. The topological polar surface area (TPSA) is 49.8 Å². The third kappa shape index (κ3) is 4.32. The number of hydrogen-bond donors (Lipinski definition) is 1. The molecule has 4 heteroatoms. The quantitative estimate of drug-likeness (QED) is 0.867. The van der Waals surface area contributed by atoms with Crippen LogP contribution in [-0.2, 0) is 29.2 Å². The number of aliphatic hydroxyl groups excluding tert-OH is 1. The van der Waals surface area contributed by atoms with Crippen LogP contribution in [0.25, 0.3) is 0 Å². The molecule has 4 nitrogen and oxygen atoms in total. The molecule has 0 atom stereocenters. The van der Waals surface area contributed by atoms with Crippen LogP contribution in [0.3, 0.4) is 0 Å². The van der Waals surface area contributed by atoms with Gasteiger partial charge in [-0.1, -0.05) is 48.5 Å². The van der Waals surface area contributed by atoms with Gasteiger partial charge in [0.05, 0.1) is 19.6 Å². The molecule has 0 saturated carbocycles. The van der Waals surface area contributed by atoms with E-state index in [1.54, 1.807) is 7.11 Å². The number of piperidine rings is 1. The fourth-order valence-corrected chi connectivity index (χ4v) is 3.82. The lowest BCUT2D eigenvalue weighted by atomic mass is 9.86. The normalized spacial score (nSPS) is 15.2. The molecule has 0 radical (unpaired) electrons. The molecule has 0 aliphatic carbocycles. The van der Waals surface area contributed by atoms with Crippen molar-refractivity contribution < 1.29 is 14.6 Å². The van der Waals surface area contributed by atoms with Gasteiger partial charge in [-0.3, -0.25) is 4.79 Å². The summed E-state index contributed by atoms with van der Waals surface area (Å²) in [6, 6.07) is 16.1. The second-order valence-electron chi connectivity index (χ2n) is 6.89. The summed E-state index contributed by atoms with van der Waals surface area (Å²) < 4.78 is 5.24. The molecule has 2 aromatic carbocycles. The molecule has 138 valence electrons. The van der Waals surface area contributed by atoms with Crippen LogP contribution in [0.1, 0.15) is 41.0 Å². The van der Waals surface area contributed by atoms with Crippen molar-refractivity contribution >= 4 is 5.91 Å². The first-order chi connectivity index (χ1) is 12.7.